The number of rotatable bonds is 1. The highest BCUT2D eigenvalue weighted by atomic mass is 19.1. The molecule has 1 heterocycles. The average Bonchev–Trinajstić information content (AvgIpc) is 2.68. The van der Waals surface area contributed by atoms with Crippen LogP contribution in [0.25, 0.3) is 5.69 Å². The van der Waals surface area contributed by atoms with Gasteiger partial charge in [0, 0.05) is 23.4 Å². The number of benzene rings is 1. The summed E-state index contributed by atoms with van der Waals surface area (Å²) in [5, 5.41) is 0. The molecule has 0 fully saturated rings. The van der Waals surface area contributed by atoms with Gasteiger partial charge in [-0.1, -0.05) is 6.07 Å². The second-order valence-electron chi connectivity index (χ2n) is 4.83. The van der Waals surface area contributed by atoms with E-state index in [2.05, 4.69) is 0 Å². The lowest BCUT2D eigenvalue weighted by Crippen LogP contribution is -2.14. The Hall–Kier alpha value is -1.97. The summed E-state index contributed by atoms with van der Waals surface area (Å²) < 4.78 is 29.4. The van der Waals surface area contributed by atoms with Gasteiger partial charge in [0.25, 0.3) is 0 Å². The Kier molecular flexibility index (Phi) is 2.73. The maximum absolute atomic E-state index is 13.9. The van der Waals surface area contributed by atoms with Crippen molar-refractivity contribution < 1.29 is 13.6 Å². The summed E-state index contributed by atoms with van der Waals surface area (Å²) in [4.78, 5) is 11.9. The molecule has 3 rings (SSSR count). The molecule has 4 heteroatoms. The second-order valence-corrected chi connectivity index (χ2v) is 4.83. The number of nitrogens with zero attached hydrogens (tertiary/aromatic N) is 1. The first-order valence-corrected chi connectivity index (χ1v) is 6.28. The van der Waals surface area contributed by atoms with Gasteiger partial charge in [0.1, 0.15) is 17.3 Å². The lowest BCUT2D eigenvalue weighted by Gasteiger charge is -2.17. The summed E-state index contributed by atoms with van der Waals surface area (Å²) in [6.07, 6.45) is 1.91. The molecule has 19 heavy (non-hydrogen) atoms. The van der Waals surface area contributed by atoms with Crippen molar-refractivity contribution in [1.29, 1.82) is 0 Å². The van der Waals surface area contributed by atoms with Crippen molar-refractivity contribution in [2.75, 3.05) is 0 Å². The van der Waals surface area contributed by atoms with Crippen LogP contribution in [0, 0.1) is 18.6 Å². The standard InChI is InChI=1S/C15H13F2NO/c1-9-8-10-13(6-3-7-14(10)19)18(9)15-11(16)4-2-5-12(15)17/h2,4-5,8H,3,6-7H2,1H3. The van der Waals surface area contributed by atoms with Crippen molar-refractivity contribution >= 4 is 5.78 Å². The van der Waals surface area contributed by atoms with E-state index < -0.39 is 11.6 Å². The SMILES string of the molecule is Cc1cc2c(n1-c1c(F)cccc1F)CCCC2=O. The molecule has 0 spiro atoms. The summed E-state index contributed by atoms with van der Waals surface area (Å²) in [7, 11) is 0. The molecule has 0 saturated carbocycles. The molecule has 2 aromatic rings. The fourth-order valence-corrected chi connectivity index (χ4v) is 2.74. The molecule has 2 nitrogen and oxygen atoms in total. The van der Waals surface area contributed by atoms with Gasteiger partial charge in [-0.25, -0.2) is 8.78 Å². The minimum Gasteiger partial charge on any atom is -0.312 e. The minimum absolute atomic E-state index is 0.0554. The number of aryl methyl sites for hydroxylation is 1. The third-order valence-electron chi connectivity index (χ3n) is 3.57. The molecule has 0 bridgehead atoms. The molecular formula is C15H13F2NO. The predicted molar refractivity (Wildman–Crippen MR) is 67.7 cm³/mol. The van der Waals surface area contributed by atoms with Crippen LogP contribution in [-0.4, -0.2) is 10.4 Å². The number of fused-ring (bicyclic) bond motifs is 1. The largest absolute Gasteiger partial charge is 0.312 e. The summed E-state index contributed by atoms with van der Waals surface area (Å²) in [6, 6.07) is 5.52. The van der Waals surface area contributed by atoms with E-state index in [1.807, 2.05) is 0 Å². The van der Waals surface area contributed by atoms with Gasteiger partial charge in [0.2, 0.25) is 0 Å². The number of ketones is 1. The molecule has 1 aromatic heterocycles. The molecule has 0 amide bonds. The highest BCUT2D eigenvalue weighted by Gasteiger charge is 2.25. The number of halogens is 2. The predicted octanol–water partition coefficient (Wildman–Crippen LogP) is 3.58. The van der Waals surface area contributed by atoms with Crippen molar-refractivity contribution in [2.24, 2.45) is 0 Å². The van der Waals surface area contributed by atoms with E-state index in [0.717, 1.165) is 12.1 Å². The van der Waals surface area contributed by atoms with Gasteiger partial charge in [0.15, 0.2) is 5.78 Å². The molecule has 0 saturated heterocycles. The number of Topliss-reactive ketones (excluding diaryl/α,β-unsaturated/α-hetero) is 1. The van der Waals surface area contributed by atoms with Crippen molar-refractivity contribution in [3.8, 4) is 5.69 Å². The van der Waals surface area contributed by atoms with E-state index in [1.54, 1.807) is 13.0 Å². The molecule has 0 radical (unpaired) electrons. The van der Waals surface area contributed by atoms with Crippen molar-refractivity contribution in [3.63, 3.8) is 0 Å². The maximum Gasteiger partial charge on any atom is 0.164 e. The monoisotopic (exact) mass is 261 g/mol. The van der Waals surface area contributed by atoms with Crippen molar-refractivity contribution in [2.45, 2.75) is 26.2 Å². The van der Waals surface area contributed by atoms with Crippen LogP contribution < -0.4 is 0 Å². The quantitative estimate of drug-likeness (QED) is 0.769. The van der Waals surface area contributed by atoms with Crippen LogP contribution in [0.15, 0.2) is 24.3 Å². The molecule has 0 N–H and O–H groups in total. The molecule has 0 unspecified atom stereocenters. The topological polar surface area (TPSA) is 22.0 Å². The van der Waals surface area contributed by atoms with Crippen molar-refractivity contribution in [1.82, 2.24) is 4.57 Å². The molecule has 0 atom stereocenters. The fourth-order valence-electron chi connectivity index (χ4n) is 2.74. The first-order valence-electron chi connectivity index (χ1n) is 6.28. The lowest BCUT2D eigenvalue weighted by molar-refractivity contribution is 0.0972. The van der Waals surface area contributed by atoms with Crippen molar-refractivity contribution in [3.05, 3.63) is 52.9 Å². The zero-order valence-corrected chi connectivity index (χ0v) is 10.5. The Labute approximate surface area is 109 Å². The van der Waals surface area contributed by atoms with Gasteiger partial charge in [-0.05, 0) is 38.0 Å². The van der Waals surface area contributed by atoms with E-state index >= 15 is 0 Å². The Bertz CT molecular complexity index is 653. The molecule has 1 aliphatic rings. The zero-order valence-electron chi connectivity index (χ0n) is 10.5. The van der Waals surface area contributed by atoms with E-state index in [4.69, 9.17) is 0 Å². The van der Waals surface area contributed by atoms with Gasteiger partial charge in [-0.15, -0.1) is 0 Å². The van der Waals surface area contributed by atoms with Gasteiger partial charge in [-0.2, -0.15) is 0 Å². The Morgan fingerprint density at radius 1 is 1.16 bits per heavy atom. The first-order chi connectivity index (χ1) is 9.09. The van der Waals surface area contributed by atoms with E-state index in [1.165, 1.54) is 22.8 Å². The Morgan fingerprint density at radius 3 is 2.53 bits per heavy atom. The smallest absolute Gasteiger partial charge is 0.164 e. The molecule has 0 aliphatic heterocycles. The number of carbonyl (C=O) groups excluding carboxylic acids is 1. The van der Waals surface area contributed by atoms with Crippen LogP contribution in [0.1, 0.15) is 34.6 Å². The van der Waals surface area contributed by atoms with Crippen LogP contribution in [0.2, 0.25) is 0 Å². The number of carbonyl (C=O) groups is 1. The van der Waals surface area contributed by atoms with Crippen LogP contribution in [0.5, 0.6) is 0 Å². The number of aromatic nitrogens is 1. The van der Waals surface area contributed by atoms with Gasteiger partial charge in [0.05, 0.1) is 0 Å². The zero-order chi connectivity index (χ0) is 13.6. The third kappa shape index (κ3) is 1.79. The highest BCUT2D eigenvalue weighted by Crippen LogP contribution is 2.30. The normalized spacial score (nSPS) is 14.6. The highest BCUT2D eigenvalue weighted by molar-refractivity contribution is 5.98. The van der Waals surface area contributed by atoms with Gasteiger partial charge < -0.3 is 4.57 Å². The van der Waals surface area contributed by atoms with E-state index in [0.29, 0.717) is 24.1 Å². The molecule has 1 aromatic carbocycles. The number of hydrogen-bond donors (Lipinski definition) is 0. The molecular weight excluding hydrogens is 248 g/mol. The second kappa shape index (κ2) is 4.30. The molecule has 1 aliphatic carbocycles. The number of hydrogen-bond acceptors (Lipinski definition) is 1. The summed E-state index contributed by atoms with van der Waals surface area (Å²) in [5.41, 5.74) is 1.92. The Morgan fingerprint density at radius 2 is 1.84 bits per heavy atom. The fraction of sp³-hybridized carbons (Fsp3) is 0.267. The summed E-state index contributed by atoms with van der Waals surface area (Å²) >= 11 is 0. The minimum atomic E-state index is -0.612. The van der Waals surface area contributed by atoms with Gasteiger partial charge in [-0.3, -0.25) is 4.79 Å². The van der Waals surface area contributed by atoms with E-state index in [9.17, 15) is 13.6 Å². The first kappa shape index (κ1) is 12.1. The van der Waals surface area contributed by atoms with Crippen LogP contribution >= 0.6 is 0 Å². The average molecular weight is 261 g/mol. The number of para-hydroxylation sites is 1. The van der Waals surface area contributed by atoms with Gasteiger partial charge >= 0.3 is 0 Å². The van der Waals surface area contributed by atoms with E-state index in [-0.39, 0.29) is 11.5 Å². The van der Waals surface area contributed by atoms with Crippen LogP contribution in [0.3, 0.4) is 0 Å². The Balaban J connectivity index is 2.29. The van der Waals surface area contributed by atoms with Crippen LogP contribution in [0.4, 0.5) is 8.78 Å². The maximum atomic E-state index is 13.9. The molecule has 98 valence electrons. The summed E-state index contributed by atoms with van der Waals surface area (Å²) in [5.74, 6) is -1.17. The van der Waals surface area contributed by atoms with Crippen LogP contribution in [-0.2, 0) is 6.42 Å². The third-order valence-corrected chi connectivity index (χ3v) is 3.57. The summed E-state index contributed by atoms with van der Waals surface area (Å²) in [6.45, 7) is 1.76. The lowest BCUT2D eigenvalue weighted by atomic mass is 9.96.